The van der Waals surface area contributed by atoms with Crippen LogP contribution in [0.4, 0.5) is 0 Å². The number of ether oxygens (including phenoxy) is 1. The van der Waals surface area contributed by atoms with E-state index in [4.69, 9.17) is 4.74 Å². The second kappa shape index (κ2) is 5.55. The first-order valence-corrected chi connectivity index (χ1v) is 7.84. The molecule has 0 fully saturated rings. The second-order valence-corrected chi connectivity index (χ2v) is 6.36. The smallest absolute Gasteiger partial charge is 0.337 e. The lowest BCUT2D eigenvalue weighted by Crippen LogP contribution is -2.11. The van der Waals surface area contributed by atoms with Crippen LogP contribution in [0.25, 0.3) is 10.9 Å². The Morgan fingerprint density at radius 1 is 1.29 bits per heavy atom. The first kappa shape index (κ1) is 14.2. The molecule has 1 aliphatic carbocycles. The van der Waals surface area contributed by atoms with Gasteiger partial charge in [-0.15, -0.1) is 0 Å². The number of aryl methyl sites for hydroxylation is 1. The molecule has 0 unspecified atom stereocenters. The highest BCUT2D eigenvalue weighted by molar-refractivity contribution is 5.96. The van der Waals surface area contributed by atoms with Crippen LogP contribution >= 0.6 is 0 Å². The van der Waals surface area contributed by atoms with Crippen molar-refractivity contribution in [3.05, 3.63) is 35.0 Å². The van der Waals surface area contributed by atoms with Gasteiger partial charge in [0.05, 0.1) is 12.7 Å². The molecule has 1 aromatic carbocycles. The summed E-state index contributed by atoms with van der Waals surface area (Å²) in [6.45, 7) is 5.55. The van der Waals surface area contributed by atoms with E-state index >= 15 is 0 Å². The third-order valence-corrected chi connectivity index (χ3v) is 4.35. The Hall–Kier alpha value is -1.77. The molecule has 1 aliphatic rings. The molecule has 0 atom stereocenters. The number of methoxy groups -OCH3 is 1. The van der Waals surface area contributed by atoms with Crippen molar-refractivity contribution >= 4 is 16.9 Å². The maximum atomic E-state index is 11.8. The summed E-state index contributed by atoms with van der Waals surface area (Å²) in [4.78, 5) is 11.8. The van der Waals surface area contributed by atoms with Crippen molar-refractivity contribution < 1.29 is 9.53 Å². The molecule has 3 nitrogen and oxygen atoms in total. The number of benzene rings is 1. The molecule has 1 heterocycles. The Morgan fingerprint density at radius 3 is 2.76 bits per heavy atom. The van der Waals surface area contributed by atoms with Gasteiger partial charge >= 0.3 is 5.97 Å². The molecule has 3 heteroatoms. The number of hydrogen-bond donors (Lipinski definition) is 0. The Labute approximate surface area is 125 Å². The number of rotatable bonds is 3. The van der Waals surface area contributed by atoms with Gasteiger partial charge in [-0.05, 0) is 55.4 Å². The zero-order chi connectivity index (χ0) is 15.0. The lowest BCUT2D eigenvalue weighted by molar-refractivity contribution is 0.0601. The van der Waals surface area contributed by atoms with Gasteiger partial charge in [0.15, 0.2) is 0 Å². The van der Waals surface area contributed by atoms with Gasteiger partial charge in [0, 0.05) is 23.1 Å². The van der Waals surface area contributed by atoms with Crippen molar-refractivity contribution in [1.82, 2.24) is 4.57 Å². The average Bonchev–Trinajstić information content (AvgIpc) is 2.80. The molecular weight excluding hydrogens is 262 g/mol. The second-order valence-electron chi connectivity index (χ2n) is 6.36. The van der Waals surface area contributed by atoms with E-state index in [0.29, 0.717) is 11.5 Å². The number of aromatic nitrogens is 1. The molecule has 0 aliphatic heterocycles. The van der Waals surface area contributed by atoms with E-state index in [1.165, 1.54) is 42.1 Å². The molecule has 3 rings (SSSR count). The van der Waals surface area contributed by atoms with Crippen molar-refractivity contribution in [2.75, 3.05) is 7.11 Å². The summed E-state index contributed by atoms with van der Waals surface area (Å²) in [5, 5.41) is 1.24. The molecule has 0 bridgehead atoms. The van der Waals surface area contributed by atoms with Gasteiger partial charge in [0.2, 0.25) is 0 Å². The Morgan fingerprint density at radius 2 is 2.05 bits per heavy atom. The van der Waals surface area contributed by atoms with Crippen LogP contribution in [-0.2, 0) is 24.1 Å². The maximum absolute atomic E-state index is 11.8. The van der Waals surface area contributed by atoms with Crippen LogP contribution in [0.1, 0.15) is 48.3 Å². The summed E-state index contributed by atoms with van der Waals surface area (Å²) in [6, 6.07) is 5.99. The van der Waals surface area contributed by atoms with Gasteiger partial charge < -0.3 is 9.30 Å². The molecule has 2 aromatic rings. The first-order chi connectivity index (χ1) is 10.1. The third-order valence-electron chi connectivity index (χ3n) is 4.35. The molecule has 0 radical (unpaired) electrons. The number of hydrogen-bond acceptors (Lipinski definition) is 2. The third kappa shape index (κ3) is 2.45. The minimum atomic E-state index is -0.252. The quantitative estimate of drug-likeness (QED) is 0.799. The van der Waals surface area contributed by atoms with Crippen LogP contribution in [0.2, 0.25) is 0 Å². The van der Waals surface area contributed by atoms with E-state index < -0.39 is 0 Å². The van der Waals surface area contributed by atoms with Crippen molar-refractivity contribution in [1.29, 1.82) is 0 Å². The molecule has 0 spiro atoms. The highest BCUT2D eigenvalue weighted by atomic mass is 16.5. The predicted octanol–water partition coefficient (Wildman–Crippen LogP) is 3.96. The number of nitrogens with zero attached hydrogens (tertiary/aromatic N) is 1. The molecule has 112 valence electrons. The molecule has 0 saturated heterocycles. The van der Waals surface area contributed by atoms with E-state index in [-0.39, 0.29) is 5.97 Å². The van der Waals surface area contributed by atoms with E-state index in [2.05, 4.69) is 24.5 Å². The fraction of sp³-hybridized carbons (Fsp3) is 0.500. The Balaban J connectivity index is 2.20. The minimum absolute atomic E-state index is 0.252. The summed E-state index contributed by atoms with van der Waals surface area (Å²) >= 11 is 0. The largest absolute Gasteiger partial charge is 0.465 e. The molecule has 0 amide bonds. The van der Waals surface area contributed by atoms with Crippen molar-refractivity contribution in [3.63, 3.8) is 0 Å². The van der Waals surface area contributed by atoms with Gasteiger partial charge in [-0.25, -0.2) is 4.79 Å². The fourth-order valence-corrected chi connectivity index (χ4v) is 3.45. The number of carbonyl (C=O) groups excluding carboxylic acids is 1. The lowest BCUT2D eigenvalue weighted by Gasteiger charge is -2.17. The topological polar surface area (TPSA) is 31.2 Å². The molecule has 0 saturated carbocycles. The molecule has 0 N–H and O–H groups in total. The summed E-state index contributed by atoms with van der Waals surface area (Å²) in [7, 11) is 1.44. The van der Waals surface area contributed by atoms with Gasteiger partial charge in [-0.3, -0.25) is 0 Å². The lowest BCUT2D eigenvalue weighted by atomic mass is 9.95. The standard InChI is InChI=1S/C18H23NO2/c1-12(2)11-19-16-7-5-4-6-14(16)15-10-13(18(20)21-3)8-9-17(15)19/h8-10,12H,4-7,11H2,1-3H3. The van der Waals surface area contributed by atoms with E-state index in [1.54, 1.807) is 0 Å². The predicted molar refractivity (Wildman–Crippen MR) is 84.8 cm³/mol. The Bertz CT molecular complexity index is 682. The summed E-state index contributed by atoms with van der Waals surface area (Å²) in [5.41, 5.74) is 4.85. The van der Waals surface area contributed by atoms with Gasteiger partial charge in [-0.1, -0.05) is 13.8 Å². The Kier molecular flexibility index (Phi) is 3.75. The summed E-state index contributed by atoms with van der Waals surface area (Å²) in [6.07, 6.45) is 4.80. The highest BCUT2D eigenvalue weighted by Gasteiger charge is 2.21. The van der Waals surface area contributed by atoms with Gasteiger partial charge in [-0.2, -0.15) is 0 Å². The van der Waals surface area contributed by atoms with E-state index in [9.17, 15) is 4.79 Å². The van der Waals surface area contributed by atoms with Crippen molar-refractivity contribution in [2.45, 2.75) is 46.1 Å². The zero-order valence-electron chi connectivity index (χ0n) is 13.1. The normalized spacial score (nSPS) is 14.5. The van der Waals surface area contributed by atoms with Crippen molar-refractivity contribution in [3.8, 4) is 0 Å². The van der Waals surface area contributed by atoms with E-state index in [1.807, 2.05) is 12.1 Å². The number of fused-ring (bicyclic) bond motifs is 3. The number of esters is 1. The van der Waals surface area contributed by atoms with Gasteiger partial charge in [0.1, 0.15) is 0 Å². The SMILES string of the molecule is COC(=O)c1ccc2c(c1)c1c(n2CC(C)C)CCCC1. The van der Waals surface area contributed by atoms with Crippen molar-refractivity contribution in [2.24, 2.45) is 5.92 Å². The molecule has 1 aromatic heterocycles. The van der Waals surface area contributed by atoms with E-state index in [0.717, 1.165) is 19.4 Å². The van der Waals surface area contributed by atoms with Crippen LogP contribution in [0.5, 0.6) is 0 Å². The van der Waals surface area contributed by atoms with Crippen LogP contribution in [0.15, 0.2) is 18.2 Å². The fourth-order valence-electron chi connectivity index (χ4n) is 3.45. The average molecular weight is 285 g/mol. The highest BCUT2D eigenvalue weighted by Crippen LogP contribution is 2.33. The van der Waals surface area contributed by atoms with Crippen LogP contribution in [0.3, 0.4) is 0 Å². The summed E-state index contributed by atoms with van der Waals surface area (Å²) < 4.78 is 7.32. The van der Waals surface area contributed by atoms with Gasteiger partial charge in [0.25, 0.3) is 0 Å². The summed E-state index contributed by atoms with van der Waals surface area (Å²) in [5.74, 6) is 0.366. The van der Waals surface area contributed by atoms with Crippen LogP contribution in [0, 0.1) is 5.92 Å². The van der Waals surface area contributed by atoms with Crippen LogP contribution in [-0.4, -0.2) is 17.6 Å². The monoisotopic (exact) mass is 285 g/mol. The first-order valence-electron chi connectivity index (χ1n) is 7.84. The maximum Gasteiger partial charge on any atom is 0.337 e. The molecular formula is C18H23NO2. The minimum Gasteiger partial charge on any atom is -0.465 e. The number of carbonyl (C=O) groups is 1. The zero-order valence-corrected chi connectivity index (χ0v) is 13.1. The van der Waals surface area contributed by atoms with Crippen LogP contribution < -0.4 is 0 Å². The molecule has 21 heavy (non-hydrogen) atoms.